The summed E-state index contributed by atoms with van der Waals surface area (Å²) in [5.74, 6) is -4.24. The van der Waals surface area contributed by atoms with E-state index in [0.717, 1.165) is 21.3 Å². The Bertz CT molecular complexity index is 1860. The smallest absolute Gasteiger partial charge is 0.332 e. The largest absolute Gasteiger partial charge is 0.496 e. The Morgan fingerprint density at radius 2 is 1.72 bits per heavy atom. The van der Waals surface area contributed by atoms with Crippen LogP contribution in [0.1, 0.15) is 11.4 Å². The standard InChI is InChI=1S/C25H19ClF3N7O3/c1-34-11-32-20(33-34)10-36-24(37)21-18(35(25(36)38)9-12-3-16(27)22(29)17(28)4-12)5-13(6-19(21)39-2)23-15(26)7-14(30)8-31-23/h3-8,11H,9-10,30H2,1-2H3. The highest BCUT2D eigenvalue weighted by Crippen LogP contribution is 2.33. The monoisotopic (exact) mass is 557 g/mol. The molecule has 0 saturated heterocycles. The molecule has 0 aliphatic heterocycles. The van der Waals surface area contributed by atoms with Crippen LogP contribution in [0.25, 0.3) is 22.2 Å². The van der Waals surface area contributed by atoms with Crippen LogP contribution in [0.3, 0.4) is 0 Å². The van der Waals surface area contributed by atoms with Crippen molar-refractivity contribution in [1.29, 1.82) is 0 Å². The van der Waals surface area contributed by atoms with E-state index in [1.165, 1.54) is 42.5 Å². The van der Waals surface area contributed by atoms with Gasteiger partial charge in [0.2, 0.25) is 0 Å². The third-order valence-electron chi connectivity index (χ3n) is 5.98. The minimum Gasteiger partial charge on any atom is -0.496 e. The molecular weight excluding hydrogens is 539 g/mol. The first kappa shape index (κ1) is 26.0. The Morgan fingerprint density at radius 1 is 1.00 bits per heavy atom. The van der Waals surface area contributed by atoms with Gasteiger partial charge in [-0.3, -0.25) is 23.6 Å². The summed E-state index contributed by atoms with van der Waals surface area (Å²) in [5.41, 5.74) is 5.18. The predicted molar refractivity (Wildman–Crippen MR) is 137 cm³/mol. The maximum Gasteiger partial charge on any atom is 0.332 e. The molecule has 0 spiro atoms. The number of aryl methyl sites for hydroxylation is 1. The number of nitrogen functional groups attached to an aromatic ring is 1. The zero-order valence-electron chi connectivity index (χ0n) is 20.5. The van der Waals surface area contributed by atoms with E-state index in [2.05, 4.69) is 15.1 Å². The van der Waals surface area contributed by atoms with Crippen LogP contribution in [0.15, 0.2) is 52.4 Å². The molecule has 0 aliphatic carbocycles. The fourth-order valence-corrected chi connectivity index (χ4v) is 4.52. The third-order valence-corrected chi connectivity index (χ3v) is 6.27. The van der Waals surface area contributed by atoms with E-state index < -0.39 is 35.2 Å². The Kier molecular flexibility index (Phi) is 6.60. The number of hydrogen-bond acceptors (Lipinski definition) is 7. The molecule has 0 saturated carbocycles. The van der Waals surface area contributed by atoms with Crippen molar-refractivity contribution < 1.29 is 17.9 Å². The van der Waals surface area contributed by atoms with Crippen LogP contribution < -0.4 is 21.7 Å². The molecule has 0 amide bonds. The molecule has 3 aromatic heterocycles. The van der Waals surface area contributed by atoms with Gasteiger partial charge in [-0.1, -0.05) is 11.6 Å². The average Bonchev–Trinajstić information content (AvgIpc) is 3.31. The molecule has 0 radical (unpaired) electrons. The second kappa shape index (κ2) is 9.91. The molecule has 0 bridgehead atoms. The van der Waals surface area contributed by atoms with Crippen LogP contribution in [-0.4, -0.2) is 36.0 Å². The van der Waals surface area contributed by atoms with E-state index in [-0.39, 0.29) is 45.3 Å². The maximum absolute atomic E-state index is 14.0. The lowest BCUT2D eigenvalue weighted by Crippen LogP contribution is -2.41. The zero-order valence-corrected chi connectivity index (χ0v) is 21.2. The van der Waals surface area contributed by atoms with Crippen LogP contribution in [0, 0.1) is 17.5 Å². The van der Waals surface area contributed by atoms with Crippen LogP contribution in [0.2, 0.25) is 5.02 Å². The molecule has 5 rings (SSSR count). The number of anilines is 1. The van der Waals surface area contributed by atoms with Crippen LogP contribution >= 0.6 is 11.6 Å². The van der Waals surface area contributed by atoms with E-state index in [1.807, 2.05) is 0 Å². The fraction of sp³-hybridized carbons (Fsp3) is 0.160. The van der Waals surface area contributed by atoms with Crippen molar-refractivity contribution >= 4 is 28.2 Å². The quantitative estimate of drug-likeness (QED) is 0.318. The number of benzene rings is 2. The van der Waals surface area contributed by atoms with Crippen molar-refractivity contribution in [2.45, 2.75) is 13.1 Å². The van der Waals surface area contributed by atoms with Crippen molar-refractivity contribution in [3.05, 3.63) is 97.6 Å². The Morgan fingerprint density at radius 3 is 2.33 bits per heavy atom. The number of nitrogens with zero attached hydrogens (tertiary/aromatic N) is 6. The third kappa shape index (κ3) is 4.72. The first-order chi connectivity index (χ1) is 18.6. The number of aromatic nitrogens is 6. The number of hydrogen-bond donors (Lipinski definition) is 1. The van der Waals surface area contributed by atoms with Gasteiger partial charge in [0.15, 0.2) is 23.3 Å². The summed E-state index contributed by atoms with van der Waals surface area (Å²) in [5, 5.41) is 4.31. The number of halogens is 4. The summed E-state index contributed by atoms with van der Waals surface area (Å²) in [6.07, 6.45) is 2.78. The lowest BCUT2D eigenvalue weighted by Gasteiger charge is -2.17. The minimum absolute atomic E-state index is 0.00796. The molecule has 2 N–H and O–H groups in total. The summed E-state index contributed by atoms with van der Waals surface area (Å²) in [7, 11) is 2.96. The van der Waals surface area contributed by atoms with E-state index in [4.69, 9.17) is 22.1 Å². The van der Waals surface area contributed by atoms with Crippen molar-refractivity contribution in [2.24, 2.45) is 7.05 Å². The SMILES string of the molecule is COc1cc(-c2ncc(N)cc2Cl)cc2c1c(=O)n(Cc1ncn(C)n1)c(=O)n2Cc1cc(F)c(F)c(F)c1. The number of fused-ring (bicyclic) bond motifs is 1. The molecule has 0 atom stereocenters. The molecule has 0 unspecified atom stereocenters. The Hall–Kier alpha value is -4.65. The number of methoxy groups -OCH3 is 1. The lowest BCUT2D eigenvalue weighted by atomic mass is 10.1. The summed E-state index contributed by atoms with van der Waals surface area (Å²) in [4.78, 5) is 35.7. The van der Waals surface area contributed by atoms with Crippen LogP contribution in [-0.2, 0) is 20.1 Å². The molecule has 10 nitrogen and oxygen atoms in total. The summed E-state index contributed by atoms with van der Waals surface area (Å²) >= 11 is 6.36. The van der Waals surface area contributed by atoms with Gasteiger partial charge in [0.1, 0.15) is 17.5 Å². The van der Waals surface area contributed by atoms with Crippen molar-refractivity contribution in [3.8, 4) is 17.0 Å². The molecule has 2 aromatic carbocycles. The second-order valence-electron chi connectivity index (χ2n) is 8.64. The molecule has 14 heteroatoms. The molecule has 5 aromatic rings. The molecule has 200 valence electrons. The van der Waals surface area contributed by atoms with Gasteiger partial charge in [0, 0.05) is 12.6 Å². The minimum atomic E-state index is -1.64. The van der Waals surface area contributed by atoms with Gasteiger partial charge < -0.3 is 10.5 Å². The van der Waals surface area contributed by atoms with Crippen LogP contribution in [0.5, 0.6) is 5.75 Å². The van der Waals surface area contributed by atoms with Crippen molar-refractivity contribution in [3.63, 3.8) is 0 Å². The van der Waals surface area contributed by atoms with Gasteiger partial charge in [-0.25, -0.2) is 22.9 Å². The highest BCUT2D eigenvalue weighted by atomic mass is 35.5. The Balaban J connectivity index is 1.83. The van der Waals surface area contributed by atoms with Gasteiger partial charge in [0.25, 0.3) is 5.56 Å². The lowest BCUT2D eigenvalue weighted by molar-refractivity contribution is 0.418. The summed E-state index contributed by atoms with van der Waals surface area (Å²) < 4.78 is 50.6. The van der Waals surface area contributed by atoms with Crippen molar-refractivity contribution in [2.75, 3.05) is 12.8 Å². The first-order valence-electron chi connectivity index (χ1n) is 11.3. The summed E-state index contributed by atoms with van der Waals surface area (Å²) in [6, 6.07) is 6.02. The zero-order chi connectivity index (χ0) is 28.0. The van der Waals surface area contributed by atoms with Crippen LogP contribution in [0.4, 0.5) is 18.9 Å². The highest BCUT2D eigenvalue weighted by Gasteiger charge is 2.22. The molecule has 39 heavy (non-hydrogen) atoms. The number of pyridine rings is 1. The van der Waals surface area contributed by atoms with Gasteiger partial charge in [0.05, 0.1) is 48.3 Å². The topological polar surface area (TPSA) is 123 Å². The molecular formula is C25H19ClF3N7O3. The molecule has 0 fully saturated rings. The number of ether oxygens (including phenoxy) is 1. The summed E-state index contributed by atoms with van der Waals surface area (Å²) in [6.45, 7) is -0.717. The van der Waals surface area contributed by atoms with Gasteiger partial charge in [-0.2, -0.15) is 5.10 Å². The van der Waals surface area contributed by atoms with Gasteiger partial charge >= 0.3 is 5.69 Å². The van der Waals surface area contributed by atoms with E-state index in [9.17, 15) is 22.8 Å². The second-order valence-corrected chi connectivity index (χ2v) is 9.05. The normalized spacial score (nSPS) is 11.3. The number of rotatable bonds is 6. The van der Waals surface area contributed by atoms with E-state index >= 15 is 0 Å². The molecule has 0 aliphatic rings. The van der Waals surface area contributed by atoms with Crippen molar-refractivity contribution in [1.82, 2.24) is 28.9 Å². The first-order valence-corrected chi connectivity index (χ1v) is 11.7. The predicted octanol–water partition coefficient (Wildman–Crippen LogP) is 3.11. The van der Waals surface area contributed by atoms with E-state index in [0.29, 0.717) is 11.3 Å². The van der Waals surface area contributed by atoms with Gasteiger partial charge in [-0.05, 0) is 35.9 Å². The maximum atomic E-state index is 14.0. The number of nitrogens with two attached hydrogens (primary N) is 1. The molecule has 3 heterocycles. The van der Waals surface area contributed by atoms with Gasteiger partial charge in [-0.15, -0.1) is 0 Å². The Labute approximate surface area is 222 Å². The average molecular weight is 558 g/mol. The van der Waals surface area contributed by atoms with E-state index in [1.54, 1.807) is 7.05 Å². The highest BCUT2D eigenvalue weighted by molar-refractivity contribution is 6.33. The fourth-order valence-electron chi connectivity index (χ4n) is 4.23.